The normalized spacial score (nSPS) is 16.1. The summed E-state index contributed by atoms with van der Waals surface area (Å²) in [7, 11) is 0. The summed E-state index contributed by atoms with van der Waals surface area (Å²) in [5.41, 5.74) is 3.06. The first kappa shape index (κ1) is 11.9. The fourth-order valence-corrected chi connectivity index (χ4v) is 2.48. The number of aromatic nitrogens is 1. The third-order valence-corrected chi connectivity index (χ3v) is 3.87. The SMILES string of the molecule is CC1(c2ccnc(C(=O)O)c2-c2ccccc2)CC1. The highest BCUT2D eigenvalue weighted by Crippen LogP contribution is 2.51. The van der Waals surface area contributed by atoms with Gasteiger partial charge in [0.25, 0.3) is 0 Å². The number of hydrogen-bond donors (Lipinski definition) is 1. The molecule has 0 aliphatic heterocycles. The van der Waals surface area contributed by atoms with E-state index in [0.717, 1.165) is 29.5 Å². The second-order valence-corrected chi connectivity index (χ2v) is 5.31. The first-order valence-corrected chi connectivity index (χ1v) is 6.40. The molecule has 1 aliphatic carbocycles. The maximum Gasteiger partial charge on any atom is 0.355 e. The lowest BCUT2D eigenvalue weighted by atomic mass is 9.89. The standard InChI is InChI=1S/C16H15NO2/c1-16(8-9-16)12-7-10-17-14(15(18)19)13(12)11-5-3-2-4-6-11/h2-7,10H,8-9H2,1H3,(H,18,19). The summed E-state index contributed by atoms with van der Waals surface area (Å²) < 4.78 is 0. The first-order chi connectivity index (χ1) is 9.12. The minimum Gasteiger partial charge on any atom is -0.476 e. The molecule has 0 atom stereocenters. The lowest BCUT2D eigenvalue weighted by molar-refractivity contribution is 0.0691. The van der Waals surface area contributed by atoms with Crippen molar-refractivity contribution in [1.82, 2.24) is 4.98 Å². The fourth-order valence-electron chi connectivity index (χ4n) is 2.48. The molecular formula is C16H15NO2. The molecule has 3 nitrogen and oxygen atoms in total. The van der Waals surface area contributed by atoms with Crippen molar-refractivity contribution in [2.75, 3.05) is 0 Å². The summed E-state index contributed by atoms with van der Waals surface area (Å²) in [6, 6.07) is 11.6. The zero-order valence-corrected chi connectivity index (χ0v) is 10.8. The van der Waals surface area contributed by atoms with Crippen LogP contribution < -0.4 is 0 Å². The highest BCUT2D eigenvalue weighted by molar-refractivity contribution is 5.95. The van der Waals surface area contributed by atoms with E-state index in [1.165, 1.54) is 0 Å². The average molecular weight is 253 g/mol. The topological polar surface area (TPSA) is 50.2 Å². The minimum absolute atomic E-state index is 0.109. The third-order valence-electron chi connectivity index (χ3n) is 3.87. The van der Waals surface area contributed by atoms with Crippen molar-refractivity contribution in [2.45, 2.75) is 25.2 Å². The molecule has 0 unspecified atom stereocenters. The van der Waals surface area contributed by atoms with Crippen LogP contribution in [0.3, 0.4) is 0 Å². The molecule has 1 aliphatic rings. The summed E-state index contributed by atoms with van der Waals surface area (Å²) in [5, 5.41) is 9.38. The predicted octanol–water partition coefficient (Wildman–Crippen LogP) is 3.50. The Morgan fingerprint density at radius 1 is 1.21 bits per heavy atom. The molecule has 1 N–H and O–H groups in total. The van der Waals surface area contributed by atoms with Gasteiger partial charge in [-0.1, -0.05) is 37.3 Å². The molecule has 2 aromatic rings. The van der Waals surface area contributed by atoms with Crippen LogP contribution >= 0.6 is 0 Å². The molecule has 0 bridgehead atoms. The molecule has 1 aromatic carbocycles. The monoisotopic (exact) mass is 253 g/mol. The highest BCUT2D eigenvalue weighted by atomic mass is 16.4. The molecule has 19 heavy (non-hydrogen) atoms. The van der Waals surface area contributed by atoms with Crippen LogP contribution in [-0.2, 0) is 5.41 Å². The van der Waals surface area contributed by atoms with E-state index in [-0.39, 0.29) is 11.1 Å². The maximum atomic E-state index is 11.4. The summed E-state index contributed by atoms with van der Waals surface area (Å²) >= 11 is 0. The second-order valence-electron chi connectivity index (χ2n) is 5.31. The van der Waals surface area contributed by atoms with E-state index in [1.54, 1.807) is 6.20 Å². The van der Waals surface area contributed by atoms with Gasteiger partial charge in [0.2, 0.25) is 0 Å². The summed E-state index contributed by atoms with van der Waals surface area (Å²) in [5.74, 6) is -0.968. The van der Waals surface area contributed by atoms with Gasteiger partial charge in [-0.25, -0.2) is 9.78 Å². The number of carboxylic acid groups (broad SMARTS) is 1. The summed E-state index contributed by atoms with van der Waals surface area (Å²) in [6.07, 6.45) is 3.82. The van der Waals surface area contributed by atoms with E-state index in [9.17, 15) is 9.90 Å². The van der Waals surface area contributed by atoms with Crippen LogP contribution in [0.25, 0.3) is 11.1 Å². The summed E-state index contributed by atoms with van der Waals surface area (Å²) in [6.45, 7) is 2.18. The van der Waals surface area contributed by atoms with Crippen molar-refractivity contribution in [2.24, 2.45) is 0 Å². The molecule has 0 spiro atoms. The largest absolute Gasteiger partial charge is 0.476 e. The molecule has 1 aromatic heterocycles. The molecule has 1 fully saturated rings. The third kappa shape index (κ3) is 2.01. The lowest BCUT2D eigenvalue weighted by Crippen LogP contribution is -2.10. The zero-order chi connectivity index (χ0) is 13.5. The fraction of sp³-hybridized carbons (Fsp3) is 0.250. The van der Waals surface area contributed by atoms with Crippen molar-refractivity contribution in [3.05, 3.63) is 53.9 Å². The van der Waals surface area contributed by atoms with Gasteiger partial charge in [0.15, 0.2) is 5.69 Å². The molecule has 0 amide bonds. The second kappa shape index (κ2) is 4.19. The Morgan fingerprint density at radius 2 is 1.89 bits per heavy atom. The molecule has 96 valence electrons. The number of benzene rings is 1. The molecule has 3 heteroatoms. The zero-order valence-electron chi connectivity index (χ0n) is 10.8. The van der Waals surface area contributed by atoms with Crippen molar-refractivity contribution in [3.8, 4) is 11.1 Å². The van der Waals surface area contributed by atoms with Gasteiger partial charge in [0.05, 0.1) is 0 Å². The van der Waals surface area contributed by atoms with E-state index in [2.05, 4.69) is 11.9 Å². The Labute approximate surface area is 111 Å². The average Bonchev–Trinajstić information content (AvgIpc) is 3.18. The van der Waals surface area contributed by atoms with Crippen molar-refractivity contribution < 1.29 is 9.90 Å². The van der Waals surface area contributed by atoms with Crippen molar-refractivity contribution >= 4 is 5.97 Å². The Morgan fingerprint density at radius 3 is 2.47 bits per heavy atom. The number of carbonyl (C=O) groups is 1. The van der Waals surface area contributed by atoms with E-state index >= 15 is 0 Å². The number of nitrogens with zero attached hydrogens (tertiary/aromatic N) is 1. The smallest absolute Gasteiger partial charge is 0.355 e. The number of pyridine rings is 1. The van der Waals surface area contributed by atoms with E-state index in [1.807, 2.05) is 36.4 Å². The molecular weight excluding hydrogens is 238 g/mol. The number of rotatable bonds is 3. The van der Waals surface area contributed by atoms with Crippen LogP contribution in [0.15, 0.2) is 42.6 Å². The molecule has 0 saturated heterocycles. The highest BCUT2D eigenvalue weighted by Gasteiger charge is 2.41. The number of hydrogen-bond acceptors (Lipinski definition) is 2. The Hall–Kier alpha value is -2.16. The van der Waals surface area contributed by atoms with Gasteiger partial charge >= 0.3 is 5.97 Å². The van der Waals surface area contributed by atoms with Gasteiger partial charge in [-0.05, 0) is 35.4 Å². The van der Waals surface area contributed by atoms with Gasteiger partial charge in [0.1, 0.15) is 0 Å². The van der Waals surface area contributed by atoms with Crippen LogP contribution in [0, 0.1) is 0 Å². The Kier molecular flexibility index (Phi) is 2.63. The van der Waals surface area contributed by atoms with Crippen LogP contribution in [0.5, 0.6) is 0 Å². The first-order valence-electron chi connectivity index (χ1n) is 6.40. The predicted molar refractivity (Wildman–Crippen MR) is 73.2 cm³/mol. The van der Waals surface area contributed by atoms with Gasteiger partial charge in [-0.15, -0.1) is 0 Å². The van der Waals surface area contributed by atoms with Crippen LogP contribution in [0.1, 0.15) is 35.8 Å². The van der Waals surface area contributed by atoms with Gasteiger partial charge in [0, 0.05) is 11.8 Å². The van der Waals surface area contributed by atoms with Gasteiger partial charge < -0.3 is 5.11 Å². The number of aromatic carboxylic acids is 1. The van der Waals surface area contributed by atoms with Crippen LogP contribution in [-0.4, -0.2) is 16.1 Å². The van der Waals surface area contributed by atoms with E-state index in [0.29, 0.717) is 0 Å². The van der Waals surface area contributed by atoms with E-state index in [4.69, 9.17) is 0 Å². The molecule has 1 heterocycles. The lowest BCUT2D eigenvalue weighted by Gasteiger charge is -2.17. The Balaban J connectivity index is 2.27. The van der Waals surface area contributed by atoms with Crippen molar-refractivity contribution in [3.63, 3.8) is 0 Å². The van der Waals surface area contributed by atoms with E-state index < -0.39 is 5.97 Å². The van der Waals surface area contributed by atoms with Crippen molar-refractivity contribution in [1.29, 1.82) is 0 Å². The summed E-state index contributed by atoms with van der Waals surface area (Å²) in [4.78, 5) is 15.5. The Bertz CT molecular complexity index is 630. The number of carboxylic acids is 1. The van der Waals surface area contributed by atoms with Gasteiger partial charge in [-0.2, -0.15) is 0 Å². The van der Waals surface area contributed by atoms with Crippen LogP contribution in [0.4, 0.5) is 0 Å². The molecule has 0 radical (unpaired) electrons. The molecule has 1 saturated carbocycles. The van der Waals surface area contributed by atoms with Crippen LogP contribution in [0.2, 0.25) is 0 Å². The van der Waals surface area contributed by atoms with Gasteiger partial charge in [-0.3, -0.25) is 0 Å². The maximum absolute atomic E-state index is 11.4. The molecule has 3 rings (SSSR count). The minimum atomic E-state index is -0.968. The quantitative estimate of drug-likeness (QED) is 0.910.